The van der Waals surface area contributed by atoms with Gasteiger partial charge in [-0.05, 0) is 32.1 Å². The second-order valence-electron chi connectivity index (χ2n) is 4.77. The molecular formula is C13H27NO2. The predicted molar refractivity (Wildman–Crippen MR) is 66.7 cm³/mol. The fourth-order valence-corrected chi connectivity index (χ4v) is 2.08. The summed E-state index contributed by atoms with van der Waals surface area (Å²) in [5, 5.41) is 3.47. The molecule has 1 fully saturated rings. The molecule has 1 atom stereocenters. The molecule has 16 heavy (non-hydrogen) atoms. The molecule has 1 unspecified atom stereocenters. The first-order valence-corrected chi connectivity index (χ1v) is 6.71. The van der Waals surface area contributed by atoms with E-state index >= 15 is 0 Å². The molecule has 1 saturated heterocycles. The third-order valence-corrected chi connectivity index (χ3v) is 3.16. The molecule has 0 aromatic carbocycles. The molecule has 0 amide bonds. The van der Waals surface area contributed by atoms with Crippen molar-refractivity contribution in [3.63, 3.8) is 0 Å². The lowest BCUT2D eigenvalue weighted by Crippen LogP contribution is -2.30. The van der Waals surface area contributed by atoms with Gasteiger partial charge in [0.25, 0.3) is 0 Å². The first-order valence-electron chi connectivity index (χ1n) is 6.71. The van der Waals surface area contributed by atoms with Gasteiger partial charge in [0.2, 0.25) is 0 Å². The molecule has 0 bridgehead atoms. The Kier molecular flexibility index (Phi) is 7.81. The monoisotopic (exact) mass is 229 g/mol. The van der Waals surface area contributed by atoms with E-state index in [1.807, 2.05) is 0 Å². The van der Waals surface area contributed by atoms with Crippen molar-refractivity contribution in [1.29, 1.82) is 0 Å². The molecule has 0 radical (unpaired) electrons. The van der Waals surface area contributed by atoms with Crippen LogP contribution < -0.4 is 5.32 Å². The first kappa shape index (κ1) is 13.9. The van der Waals surface area contributed by atoms with Crippen LogP contribution in [0, 0.1) is 5.92 Å². The highest BCUT2D eigenvalue weighted by Crippen LogP contribution is 2.14. The zero-order chi connectivity index (χ0) is 11.6. The molecule has 3 nitrogen and oxygen atoms in total. The van der Waals surface area contributed by atoms with Crippen molar-refractivity contribution in [1.82, 2.24) is 5.32 Å². The van der Waals surface area contributed by atoms with Crippen molar-refractivity contribution < 1.29 is 9.47 Å². The summed E-state index contributed by atoms with van der Waals surface area (Å²) in [5.41, 5.74) is 0. The Morgan fingerprint density at radius 2 is 2.12 bits per heavy atom. The molecule has 1 heterocycles. The van der Waals surface area contributed by atoms with E-state index in [1.165, 1.54) is 25.7 Å². The molecule has 0 aromatic rings. The normalized spacial score (nSPS) is 19.9. The predicted octanol–water partition coefficient (Wildman–Crippen LogP) is 2.21. The molecule has 96 valence electrons. The van der Waals surface area contributed by atoms with Gasteiger partial charge in [-0.3, -0.25) is 0 Å². The van der Waals surface area contributed by atoms with Crippen LogP contribution >= 0.6 is 0 Å². The van der Waals surface area contributed by atoms with E-state index < -0.39 is 0 Å². The Labute approximate surface area is 99.9 Å². The van der Waals surface area contributed by atoms with Crippen LogP contribution in [-0.2, 0) is 9.47 Å². The molecule has 1 aliphatic heterocycles. The second kappa shape index (κ2) is 8.97. The van der Waals surface area contributed by atoms with Crippen LogP contribution in [-0.4, -0.2) is 39.0 Å². The van der Waals surface area contributed by atoms with E-state index in [1.54, 1.807) is 0 Å². The second-order valence-corrected chi connectivity index (χ2v) is 4.77. The molecule has 0 aliphatic carbocycles. The van der Waals surface area contributed by atoms with Crippen molar-refractivity contribution in [3.05, 3.63) is 0 Å². The molecule has 1 rings (SSSR count). The summed E-state index contributed by atoms with van der Waals surface area (Å²) in [4.78, 5) is 0. The minimum Gasteiger partial charge on any atom is -0.381 e. The van der Waals surface area contributed by atoms with Gasteiger partial charge in [0.15, 0.2) is 0 Å². The quantitative estimate of drug-likeness (QED) is 0.647. The van der Waals surface area contributed by atoms with Gasteiger partial charge in [-0.25, -0.2) is 0 Å². The number of nitrogens with one attached hydrogen (secondary N) is 1. The Morgan fingerprint density at radius 1 is 1.38 bits per heavy atom. The SMILES string of the molecule is CCCC(C)NCCOCC1CCOCC1. The summed E-state index contributed by atoms with van der Waals surface area (Å²) >= 11 is 0. The molecule has 0 aromatic heterocycles. The van der Waals surface area contributed by atoms with Gasteiger partial charge in [-0.2, -0.15) is 0 Å². The van der Waals surface area contributed by atoms with E-state index in [2.05, 4.69) is 19.2 Å². The van der Waals surface area contributed by atoms with E-state index in [0.717, 1.165) is 38.9 Å². The summed E-state index contributed by atoms with van der Waals surface area (Å²) in [6, 6.07) is 0.622. The van der Waals surface area contributed by atoms with Crippen LogP contribution in [0.15, 0.2) is 0 Å². The van der Waals surface area contributed by atoms with Crippen LogP contribution in [0.4, 0.5) is 0 Å². The molecule has 0 spiro atoms. The van der Waals surface area contributed by atoms with Gasteiger partial charge in [0.05, 0.1) is 6.61 Å². The smallest absolute Gasteiger partial charge is 0.0591 e. The summed E-state index contributed by atoms with van der Waals surface area (Å²) in [7, 11) is 0. The Bertz CT molecular complexity index is 158. The molecule has 0 saturated carbocycles. The van der Waals surface area contributed by atoms with Crippen molar-refractivity contribution in [3.8, 4) is 0 Å². The van der Waals surface area contributed by atoms with Gasteiger partial charge in [-0.1, -0.05) is 13.3 Å². The third-order valence-electron chi connectivity index (χ3n) is 3.16. The van der Waals surface area contributed by atoms with Gasteiger partial charge < -0.3 is 14.8 Å². The summed E-state index contributed by atoms with van der Waals surface area (Å²) < 4.78 is 11.0. The fraction of sp³-hybridized carbons (Fsp3) is 1.00. The Hall–Kier alpha value is -0.120. The summed E-state index contributed by atoms with van der Waals surface area (Å²) in [5.74, 6) is 0.724. The zero-order valence-corrected chi connectivity index (χ0v) is 10.8. The average Bonchev–Trinajstić information content (AvgIpc) is 2.30. The minimum atomic E-state index is 0.622. The van der Waals surface area contributed by atoms with Crippen LogP contribution in [0.3, 0.4) is 0 Å². The van der Waals surface area contributed by atoms with Gasteiger partial charge >= 0.3 is 0 Å². The summed E-state index contributed by atoms with van der Waals surface area (Å²) in [6.07, 6.45) is 4.83. The van der Waals surface area contributed by atoms with Gasteiger partial charge in [0, 0.05) is 32.4 Å². The fourth-order valence-electron chi connectivity index (χ4n) is 2.08. The highest BCUT2D eigenvalue weighted by Gasteiger charge is 2.13. The van der Waals surface area contributed by atoms with Crippen molar-refractivity contribution in [2.75, 3.05) is 33.0 Å². The lowest BCUT2D eigenvalue weighted by Gasteiger charge is -2.22. The highest BCUT2D eigenvalue weighted by molar-refractivity contribution is 4.63. The largest absolute Gasteiger partial charge is 0.381 e. The van der Waals surface area contributed by atoms with Crippen molar-refractivity contribution in [2.45, 2.75) is 45.6 Å². The molecule has 3 heteroatoms. The lowest BCUT2D eigenvalue weighted by atomic mass is 10.0. The number of hydrogen-bond donors (Lipinski definition) is 1. The van der Waals surface area contributed by atoms with Crippen molar-refractivity contribution in [2.24, 2.45) is 5.92 Å². The van der Waals surface area contributed by atoms with Gasteiger partial charge in [0.1, 0.15) is 0 Å². The maximum atomic E-state index is 5.68. The van der Waals surface area contributed by atoms with E-state index in [4.69, 9.17) is 9.47 Å². The number of hydrogen-bond acceptors (Lipinski definition) is 3. The zero-order valence-electron chi connectivity index (χ0n) is 10.8. The van der Waals surface area contributed by atoms with Crippen LogP contribution in [0.5, 0.6) is 0 Å². The number of ether oxygens (including phenoxy) is 2. The van der Waals surface area contributed by atoms with E-state index in [-0.39, 0.29) is 0 Å². The van der Waals surface area contributed by atoms with Gasteiger partial charge in [-0.15, -0.1) is 0 Å². The third kappa shape index (κ3) is 6.46. The topological polar surface area (TPSA) is 30.5 Å². The molecule has 1 aliphatic rings. The number of rotatable bonds is 8. The molecule has 1 N–H and O–H groups in total. The summed E-state index contributed by atoms with van der Waals surface area (Å²) in [6.45, 7) is 9.02. The van der Waals surface area contributed by atoms with Crippen LogP contribution in [0.25, 0.3) is 0 Å². The standard InChI is InChI=1S/C13H27NO2/c1-3-4-12(2)14-7-10-16-11-13-5-8-15-9-6-13/h12-14H,3-11H2,1-2H3. The van der Waals surface area contributed by atoms with E-state index in [9.17, 15) is 0 Å². The maximum Gasteiger partial charge on any atom is 0.0591 e. The first-order chi connectivity index (χ1) is 7.83. The maximum absolute atomic E-state index is 5.68. The Balaban J connectivity index is 1.87. The van der Waals surface area contributed by atoms with Crippen LogP contribution in [0.2, 0.25) is 0 Å². The van der Waals surface area contributed by atoms with Crippen LogP contribution in [0.1, 0.15) is 39.5 Å². The van der Waals surface area contributed by atoms with E-state index in [0.29, 0.717) is 6.04 Å². The van der Waals surface area contributed by atoms with Crippen molar-refractivity contribution >= 4 is 0 Å². The lowest BCUT2D eigenvalue weighted by molar-refractivity contribution is 0.0211. The molecular weight excluding hydrogens is 202 g/mol. The highest BCUT2D eigenvalue weighted by atomic mass is 16.5. The Morgan fingerprint density at radius 3 is 2.81 bits per heavy atom. The average molecular weight is 229 g/mol. The minimum absolute atomic E-state index is 0.622.